The highest BCUT2D eigenvalue weighted by Gasteiger charge is 2.47. The molecule has 0 atom stereocenters. The van der Waals surface area contributed by atoms with Crippen molar-refractivity contribution < 1.29 is 14.3 Å². The molecular formula is C12H15N3O3. The first kappa shape index (κ1) is 11.4. The summed E-state index contributed by atoms with van der Waals surface area (Å²) in [5.74, 6) is 0.256. The first-order valence-electron chi connectivity index (χ1n) is 6.02. The van der Waals surface area contributed by atoms with Gasteiger partial charge in [0.2, 0.25) is 0 Å². The van der Waals surface area contributed by atoms with Crippen molar-refractivity contribution in [2.75, 3.05) is 31.7 Å². The molecule has 6 heteroatoms. The minimum absolute atomic E-state index is 0.0290. The van der Waals surface area contributed by atoms with Gasteiger partial charge in [0.25, 0.3) is 0 Å². The zero-order valence-corrected chi connectivity index (χ0v) is 10.3. The Morgan fingerprint density at radius 1 is 1.50 bits per heavy atom. The molecule has 2 fully saturated rings. The summed E-state index contributed by atoms with van der Waals surface area (Å²) in [6.45, 7) is 2.30. The average molecular weight is 249 g/mol. The van der Waals surface area contributed by atoms with Gasteiger partial charge in [-0.2, -0.15) is 0 Å². The Hall–Kier alpha value is -1.69. The predicted octanol–water partition coefficient (Wildman–Crippen LogP) is 0.632. The van der Waals surface area contributed by atoms with Crippen molar-refractivity contribution in [2.24, 2.45) is 0 Å². The largest absolute Gasteiger partial charge is 0.464 e. The van der Waals surface area contributed by atoms with E-state index < -0.39 is 5.97 Å². The molecule has 2 heterocycles. The molecule has 1 aliphatic carbocycles. The molecule has 6 nitrogen and oxygen atoms in total. The van der Waals surface area contributed by atoms with Gasteiger partial charge in [0.1, 0.15) is 5.82 Å². The summed E-state index contributed by atoms with van der Waals surface area (Å²) in [6, 6.07) is 0. The van der Waals surface area contributed by atoms with E-state index in [0.717, 1.165) is 25.9 Å². The van der Waals surface area contributed by atoms with Crippen LogP contribution in [0.5, 0.6) is 0 Å². The molecule has 3 rings (SSSR count). The SMILES string of the molecule is COC(=O)c1cncc(N2CCOC3(CC3)C2)n1. The molecule has 1 saturated carbocycles. The van der Waals surface area contributed by atoms with Crippen LogP contribution in [-0.4, -0.2) is 48.3 Å². The molecule has 1 saturated heterocycles. The average Bonchev–Trinajstić information content (AvgIpc) is 3.17. The maximum atomic E-state index is 11.4. The number of morpholine rings is 1. The third-order valence-corrected chi connectivity index (χ3v) is 3.40. The molecular weight excluding hydrogens is 234 g/mol. The number of anilines is 1. The van der Waals surface area contributed by atoms with Gasteiger partial charge >= 0.3 is 5.97 Å². The van der Waals surface area contributed by atoms with Crippen molar-refractivity contribution in [1.29, 1.82) is 0 Å². The number of carbonyl (C=O) groups excluding carboxylic acids is 1. The summed E-state index contributed by atoms with van der Waals surface area (Å²) in [6.07, 6.45) is 5.30. The molecule has 1 aromatic rings. The van der Waals surface area contributed by atoms with Crippen LogP contribution >= 0.6 is 0 Å². The van der Waals surface area contributed by atoms with Gasteiger partial charge in [-0.25, -0.2) is 9.78 Å². The van der Waals surface area contributed by atoms with Crippen LogP contribution in [0.25, 0.3) is 0 Å². The highest BCUT2D eigenvalue weighted by molar-refractivity contribution is 5.87. The number of hydrogen-bond donors (Lipinski definition) is 0. The van der Waals surface area contributed by atoms with Crippen LogP contribution in [0.4, 0.5) is 5.82 Å². The molecule has 1 aromatic heterocycles. The predicted molar refractivity (Wildman–Crippen MR) is 63.5 cm³/mol. The lowest BCUT2D eigenvalue weighted by Crippen LogP contribution is -2.44. The molecule has 96 valence electrons. The van der Waals surface area contributed by atoms with E-state index in [1.165, 1.54) is 13.3 Å². The monoisotopic (exact) mass is 249 g/mol. The van der Waals surface area contributed by atoms with Crippen LogP contribution in [0, 0.1) is 0 Å². The number of ether oxygens (including phenoxy) is 2. The molecule has 2 aliphatic rings. The normalized spacial score (nSPS) is 20.8. The Balaban J connectivity index is 1.81. The van der Waals surface area contributed by atoms with E-state index in [0.29, 0.717) is 12.4 Å². The lowest BCUT2D eigenvalue weighted by atomic mass is 10.2. The highest BCUT2D eigenvalue weighted by atomic mass is 16.5. The maximum Gasteiger partial charge on any atom is 0.358 e. The van der Waals surface area contributed by atoms with Crippen molar-refractivity contribution in [3.05, 3.63) is 18.1 Å². The zero-order chi connectivity index (χ0) is 12.6. The summed E-state index contributed by atoms with van der Waals surface area (Å²) in [7, 11) is 1.34. The Kier molecular flexibility index (Phi) is 2.66. The molecule has 18 heavy (non-hydrogen) atoms. The fourth-order valence-corrected chi connectivity index (χ4v) is 2.19. The summed E-state index contributed by atoms with van der Waals surface area (Å²) in [5.41, 5.74) is 0.271. The minimum atomic E-state index is -0.459. The van der Waals surface area contributed by atoms with Gasteiger partial charge < -0.3 is 14.4 Å². The lowest BCUT2D eigenvalue weighted by molar-refractivity contribution is 0.0203. The van der Waals surface area contributed by atoms with Crippen LogP contribution < -0.4 is 4.90 Å². The number of nitrogens with zero attached hydrogens (tertiary/aromatic N) is 3. The molecule has 0 N–H and O–H groups in total. The molecule has 0 aromatic carbocycles. The van der Waals surface area contributed by atoms with Crippen LogP contribution in [0.1, 0.15) is 23.3 Å². The van der Waals surface area contributed by atoms with Gasteiger partial charge in [0.05, 0.1) is 31.7 Å². The maximum absolute atomic E-state index is 11.4. The minimum Gasteiger partial charge on any atom is -0.464 e. The standard InChI is InChI=1S/C12H15N3O3/c1-17-11(16)9-6-13-7-10(14-9)15-4-5-18-12(8-15)2-3-12/h6-7H,2-5,8H2,1H3. The summed E-state index contributed by atoms with van der Waals surface area (Å²) >= 11 is 0. The quantitative estimate of drug-likeness (QED) is 0.716. The van der Waals surface area contributed by atoms with Crippen LogP contribution in [-0.2, 0) is 9.47 Å². The second-order valence-corrected chi connectivity index (χ2v) is 4.71. The van der Waals surface area contributed by atoms with Crippen LogP contribution in [0.3, 0.4) is 0 Å². The summed E-state index contributed by atoms with van der Waals surface area (Å²) in [4.78, 5) is 21.9. The summed E-state index contributed by atoms with van der Waals surface area (Å²) < 4.78 is 10.4. The molecule has 0 unspecified atom stereocenters. The van der Waals surface area contributed by atoms with Gasteiger partial charge in [-0.15, -0.1) is 0 Å². The van der Waals surface area contributed by atoms with E-state index in [-0.39, 0.29) is 11.3 Å². The van der Waals surface area contributed by atoms with Gasteiger partial charge in [-0.05, 0) is 12.8 Å². The number of hydrogen-bond acceptors (Lipinski definition) is 6. The zero-order valence-electron chi connectivity index (χ0n) is 10.3. The Bertz CT molecular complexity index is 473. The van der Waals surface area contributed by atoms with Gasteiger partial charge in [-0.3, -0.25) is 4.98 Å². The fourth-order valence-electron chi connectivity index (χ4n) is 2.19. The number of carbonyl (C=O) groups is 1. The van der Waals surface area contributed by atoms with Crippen molar-refractivity contribution in [1.82, 2.24) is 9.97 Å². The Labute approximate surface area is 105 Å². The molecule has 1 aliphatic heterocycles. The Morgan fingerprint density at radius 2 is 2.33 bits per heavy atom. The van der Waals surface area contributed by atoms with E-state index in [1.807, 2.05) is 0 Å². The third-order valence-electron chi connectivity index (χ3n) is 3.40. The second kappa shape index (κ2) is 4.20. The van der Waals surface area contributed by atoms with Crippen LogP contribution in [0.2, 0.25) is 0 Å². The number of aromatic nitrogens is 2. The molecule has 0 radical (unpaired) electrons. The Morgan fingerprint density at radius 3 is 3.06 bits per heavy atom. The van der Waals surface area contributed by atoms with E-state index in [4.69, 9.17) is 4.74 Å². The van der Waals surface area contributed by atoms with Crippen molar-refractivity contribution in [3.8, 4) is 0 Å². The van der Waals surface area contributed by atoms with Gasteiger partial charge in [-0.1, -0.05) is 0 Å². The summed E-state index contributed by atoms with van der Waals surface area (Å²) in [5, 5.41) is 0. The second-order valence-electron chi connectivity index (χ2n) is 4.71. The lowest BCUT2D eigenvalue weighted by Gasteiger charge is -2.33. The number of methoxy groups -OCH3 is 1. The molecule has 0 bridgehead atoms. The van der Waals surface area contributed by atoms with Crippen molar-refractivity contribution in [2.45, 2.75) is 18.4 Å². The number of esters is 1. The fraction of sp³-hybridized carbons (Fsp3) is 0.583. The smallest absolute Gasteiger partial charge is 0.358 e. The van der Waals surface area contributed by atoms with E-state index in [2.05, 4.69) is 19.6 Å². The van der Waals surface area contributed by atoms with Gasteiger partial charge in [0.15, 0.2) is 5.69 Å². The number of rotatable bonds is 2. The topological polar surface area (TPSA) is 64.5 Å². The first-order valence-corrected chi connectivity index (χ1v) is 6.02. The molecule has 1 spiro atoms. The third kappa shape index (κ3) is 2.03. The van der Waals surface area contributed by atoms with Crippen LogP contribution in [0.15, 0.2) is 12.4 Å². The highest BCUT2D eigenvalue weighted by Crippen LogP contribution is 2.42. The van der Waals surface area contributed by atoms with E-state index in [1.54, 1.807) is 6.20 Å². The van der Waals surface area contributed by atoms with E-state index >= 15 is 0 Å². The van der Waals surface area contributed by atoms with Gasteiger partial charge in [0, 0.05) is 13.1 Å². The van der Waals surface area contributed by atoms with Crippen molar-refractivity contribution in [3.63, 3.8) is 0 Å². The van der Waals surface area contributed by atoms with E-state index in [9.17, 15) is 4.79 Å². The molecule has 0 amide bonds. The van der Waals surface area contributed by atoms with Crippen molar-refractivity contribution >= 4 is 11.8 Å². The first-order chi connectivity index (χ1) is 8.72.